The summed E-state index contributed by atoms with van der Waals surface area (Å²) in [6, 6.07) is 3.47. The number of hydrogen-bond acceptors (Lipinski definition) is 2. The van der Waals surface area contributed by atoms with Crippen LogP contribution in [-0.4, -0.2) is 25.7 Å². The second-order valence-corrected chi connectivity index (χ2v) is 5.55. The van der Waals surface area contributed by atoms with Crippen molar-refractivity contribution < 1.29 is 17.6 Å². The minimum absolute atomic E-state index is 0.239. The van der Waals surface area contributed by atoms with E-state index in [0.29, 0.717) is 31.2 Å². The average molecular weight is 304 g/mol. The number of anilines is 1. The van der Waals surface area contributed by atoms with Crippen LogP contribution in [0.3, 0.4) is 0 Å². The molecule has 0 aromatic heterocycles. The van der Waals surface area contributed by atoms with Gasteiger partial charge in [0.05, 0.1) is 5.56 Å². The van der Waals surface area contributed by atoms with Crippen molar-refractivity contribution in [2.75, 3.05) is 24.5 Å². The summed E-state index contributed by atoms with van der Waals surface area (Å²) in [5.41, 5.74) is -0.767. The molecule has 1 aliphatic rings. The van der Waals surface area contributed by atoms with E-state index < -0.39 is 17.6 Å². The van der Waals surface area contributed by atoms with Gasteiger partial charge in [0.25, 0.3) is 0 Å². The molecule has 1 fully saturated rings. The van der Waals surface area contributed by atoms with Crippen LogP contribution in [0.5, 0.6) is 0 Å². The summed E-state index contributed by atoms with van der Waals surface area (Å²) in [6.07, 6.45) is -3.66. The molecule has 0 aliphatic carbocycles. The molecule has 0 bridgehead atoms. The third-order valence-corrected chi connectivity index (χ3v) is 4.16. The highest BCUT2D eigenvalue weighted by molar-refractivity contribution is 5.50. The molecule has 2 atom stereocenters. The van der Waals surface area contributed by atoms with Gasteiger partial charge in [-0.15, -0.1) is 0 Å². The lowest BCUT2D eigenvalue weighted by Crippen LogP contribution is -2.53. The van der Waals surface area contributed by atoms with Crippen molar-refractivity contribution in [3.8, 4) is 0 Å². The van der Waals surface area contributed by atoms with Gasteiger partial charge < -0.3 is 10.2 Å². The second kappa shape index (κ2) is 6.22. The van der Waals surface area contributed by atoms with Crippen molar-refractivity contribution in [2.24, 2.45) is 5.92 Å². The number of benzene rings is 1. The van der Waals surface area contributed by atoms with E-state index >= 15 is 0 Å². The third-order valence-electron chi connectivity index (χ3n) is 4.16. The summed E-state index contributed by atoms with van der Waals surface area (Å²) in [5.74, 6) is -0.782. The lowest BCUT2D eigenvalue weighted by Gasteiger charge is -2.38. The number of rotatable bonds is 3. The van der Waals surface area contributed by atoms with Crippen LogP contribution in [0.2, 0.25) is 0 Å². The lowest BCUT2D eigenvalue weighted by atomic mass is 9.97. The van der Waals surface area contributed by atoms with Crippen molar-refractivity contribution >= 4 is 5.69 Å². The minimum Gasteiger partial charge on any atom is -0.369 e. The topological polar surface area (TPSA) is 15.3 Å². The Balaban J connectivity index is 2.22. The molecule has 0 amide bonds. The first-order chi connectivity index (χ1) is 9.82. The minimum atomic E-state index is -4.66. The van der Waals surface area contributed by atoms with Crippen molar-refractivity contribution in [2.45, 2.75) is 32.5 Å². The largest absolute Gasteiger partial charge is 0.419 e. The fourth-order valence-electron chi connectivity index (χ4n) is 2.61. The standard InChI is InChI=1S/C15H20F4N2/c1-3-10(2)14-9-21(7-6-20-14)11-4-5-13(16)12(8-11)15(17,18)19/h4-5,8,10,14,20H,3,6-7,9H2,1-2H3. The highest BCUT2D eigenvalue weighted by Crippen LogP contribution is 2.34. The molecule has 118 valence electrons. The van der Waals surface area contributed by atoms with Gasteiger partial charge in [-0.2, -0.15) is 13.2 Å². The van der Waals surface area contributed by atoms with E-state index in [4.69, 9.17) is 0 Å². The van der Waals surface area contributed by atoms with Crippen LogP contribution in [0.15, 0.2) is 18.2 Å². The van der Waals surface area contributed by atoms with Gasteiger partial charge in [-0.05, 0) is 24.1 Å². The lowest BCUT2D eigenvalue weighted by molar-refractivity contribution is -0.139. The van der Waals surface area contributed by atoms with Crippen LogP contribution in [0, 0.1) is 11.7 Å². The van der Waals surface area contributed by atoms with Gasteiger partial charge in [0, 0.05) is 31.4 Å². The molecule has 1 heterocycles. The molecule has 6 heteroatoms. The first-order valence-corrected chi connectivity index (χ1v) is 7.18. The van der Waals surface area contributed by atoms with Crippen LogP contribution in [0.25, 0.3) is 0 Å². The third kappa shape index (κ3) is 3.67. The Bertz CT molecular complexity index is 487. The molecule has 1 aliphatic heterocycles. The molecule has 0 spiro atoms. The molecule has 2 unspecified atom stereocenters. The van der Waals surface area contributed by atoms with E-state index in [1.807, 2.05) is 4.90 Å². The van der Waals surface area contributed by atoms with E-state index in [1.54, 1.807) is 0 Å². The molecule has 2 rings (SSSR count). The van der Waals surface area contributed by atoms with Crippen LogP contribution in [-0.2, 0) is 6.18 Å². The van der Waals surface area contributed by atoms with Gasteiger partial charge in [-0.3, -0.25) is 0 Å². The number of alkyl halides is 3. The maximum Gasteiger partial charge on any atom is 0.419 e. The normalized spacial score (nSPS) is 21.4. The van der Waals surface area contributed by atoms with E-state index in [0.717, 1.165) is 18.6 Å². The predicted molar refractivity (Wildman–Crippen MR) is 74.9 cm³/mol. The Morgan fingerprint density at radius 3 is 2.71 bits per heavy atom. The smallest absolute Gasteiger partial charge is 0.369 e. The molecule has 1 aromatic rings. The number of nitrogens with zero attached hydrogens (tertiary/aromatic N) is 1. The zero-order chi connectivity index (χ0) is 15.6. The van der Waals surface area contributed by atoms with Crippen molar-refractivity contribution in [3.63, 3.8) is 0 Å². The number of piperazine rings is 1. The maximum atomic E-state index is 13.3. The second-order valence-electron chi connectivity index (χ2n) is 5.55. The van der Waals surface area contributed by atoms with Crippen LogP contribution >= 0.6 is 0 Å². The van der Waals surface area contributed by atoms with E-state index in [1.165, 1.54) is 6.07 Å². The molecule has 1 aromatic carbocycles. The SMILES string of the molecule is CCC(C)C1CN(c2ccc(F)c(C(F)(F)F)c2)CCN1. The van der Waals surface area contributed by atoms with Gasteiger partial charge in [0.2, 0.25) is 0 Å². The molecular formula is C15H20F4N2. The van der Waals surface area contributed by atoms with Gasteiger partial charge in [-0.1, -0.05) is 20.3 Å². The summed E-state index contributed by atoms with van der Waals surface area (Å²) in [7, 11) is 0. The summed E-state index contributed by atoms with van der Waals surface area (Å²) in [4.78, 5) is 1.89. The van der Waals surface area contributed by atoms with Crippen LogP contribution in [0.1, 0.15) is 25.8 Å². The Labute approximate surface area is 122 Å². The van der Waals surface area contributed by atoms with E-state index in [2.05, 4.69) is 19.2 Å². The first kappa shape index (κ1) is 16.1. The first-order valence-electron chi connectivity index (χ1n) is 7.18. The fourth-order valence-corrected chi connectivity index (χ4v) is 2.61. The summed E-state index contributed by atoms with van der Waals surface area (Å²) in [6.45, 7) is 6.18. The molecule has 21 heavy (non-hydrogen) atoms. The summed E-state index contributed by atoms with van der Waals surface area (Å²) in [5, 5.41) is 3.39. The van der Waals surface area contributed by atoms with Crippen LogP contribution < -0.4 is 10.2 Å². The number of halogens is 4. The fraction of sp³-hybridized carbons (Fsp3) is 0.600. The molecule has 1 saturated heterocycles. The van der Waals surface area contributed by atoms with Crippen molar-refractivity contribution in [1.29, 1.82) is 0 Å². The highest BCUT2D eigenvalue weighted by Gasteiger charge is 2.35. The van der Waals surface area contributed by atoms with Crippen LogP contribution in [0.4, 0.5) is 23.2 Å². The maximum absolute atomic E-state index is 13.3. The van der Waals surface area contributed by atoms with Gasteiger partial charge in [0.1, 0.15) is 5.82 Å². The van der Waals surface area contributed by atoms with Crippen molar-refractivity contribution in [1.82, 2.24) is 5.32 Å². The Hall–Kier alpha value is -1.30. The predicted octanol–water partition coefficient (Wildman–Crippen LogP) is 3.67. The molecular weight excluding hydrogens is 284 g/mol. The monoisotopic (exact) mass is 304 g/mol. The number of hydrogen-bond donors (Lipinski definition) is 1. The quantitative estimate of drug-likeness (QED) is 0.857. The number of nitrogens with one attached hydrogen (secondary N) is 1. The van der Waals surface area contributed by atoms with Gasteiger partial charge in [-0.25, -0.2) is 4.39 Å². The summed E-state index contributed by atoms with van der Waals surface area (Å²) >= 11 is 0. The Morgan fingerprint density at radius 2 is 2.10 bits per heavy atom. The molecule has 0 saturated carbocycles. The molecule has 0 radical (unpaired) electrons. The van der Waals surface area contributed by atoms with Gasteiger partial charge in [0.15, 0.2) is 0 Å². The Morgan fingerprint density at radius 1 is 1.38 bits per heavy atom. The van der Waals surface area contributed by atoms with E-state index in [9.17, 15) is 17.6 Å². The zero-order valence-electron chi connectivity index (χ0n) is 12.2. The van der Waals surface area contributed by atoms with Gasteiger partial charge >= 0.3 is 6.18 Å². The highest BCUT2D eigenvalue weighted by atomic mass is 19.4. The Kier molecular flexibility index (Phi) is 4.76. The molecule has 1 N–H and O–H groups in total. The van der Waals surface area contributed by atoms with E-state index in [-0.39, 0.29) is 6.04 Å². The molecule has 2 nitrogen and oxygen atoms in total. The van der Waals surface area contributed by atoms with Crippen molar-refractivity contribution in [3.05, 3.63) is 29.6 Å². The average Bonchev–Trinajstić information content (AvgIpc) is 2.46. The summed E-state index contributed by atoms with van der Waals surface area (Å²) < 4.78 is 51.7. The zero-order valence-corrected chi connectivity index (χ0v) is 12.2.